The van der Waals surface area contributed by atoms with Crippen LogP contribution in [0.1, 0.15) is 44.1 Å². The van der Waals surface area contributed by atoms with E-state index in [0.29, 0.717) is 11.8 Å². The van der Waals surface area contributed by atoms with Crippen molar-refractivity contribution in [3.8, 4) is 0 Å². The molecule has 2 rings (SSSR count). The molecule has 1 amide bonds. The summed E-state index contributed by atoms with van der Waals surface area (Å²) in [5.41, 5.74) is 1.14. The zero-order valence-corrected chi connectivity index (χ0v) is 13.3. The minimum Gasteiger partial charge on any atom is -0.385 e. The van der Waals surface area contributed by atoms with E-state index in [1.54, 1.807) is 7.11 Å². The van der Waals surface area contributed by atoms with Crippen LogP contribution in [-0.4, -0.2) is 37.6 Å². The van der Waals surface area contributed by atoms with Crippen LogP contribution < -0.4 is 0 Å². The average molecular weight is 289 g/mol. The number of methoxy groups -OCH3 is 1. The van der Waals surface area contributed by atoms with Crippen LogP contribution in [0.3, 0.4) is 0 Å². The second kappa shape index (κ2) is 8.18. The summed E-state index contributed by atoms with van der Waals surface area (Å²) in [5, 5.41) is 0. The second-order valence-electron chi connectivity index (χ2n) is 5.92. The van der Waals surface area contributed by atoms with Crippen molar-refractivity contribution in [3.63, 3.8) is 0 Å². The zero-order valence-electron chi connectivity index (χ0n) is 13.3. The molecule has 0 N–H and O–H groups in total. The first-order chi connectivity index (χ1) is 10.3. The molecule has 0 radical (unpaired) electrons. The quantitative estimate of drug-likeness (QED) is 0.802. The van der Waals surface area contributed by atoms with Crippen molar-refractivity contribution >= 4 is 5.91 Å². The van der Waals surface area contributed by atoms with E-state index in [0.717, 1.165) is 50.9 Å². The van der Waals surface area contributed by atoms with Crippen LogP contribution in [0.15, 0.2) is 30.3 Å². The van der Waals surface area contributed by atoms with Gasteiger partial charge in [-0.05, 0) is 37.2 Å². The summed E-state index contributed by atoms with van der Waals surface area (Å²) in [6.45, 7) is 4.73. The molecule has 0 bridgehead atoms. The lowest BCUT2D eigenvalue weighted by Crippen LogP contribution is -2.41. The van der Waals surface area contributed by atoms with Gasteiger partial charge in [-0.2, -0.15) is 0 Å². The summed E-state index contributed by atoms with van der Waals surface area (Å²) < 4.78 is 5.15. The number of amides is 1. The minimum atomic E-state index is 0.0155. The van der Waals surface area contributed by atoms with E-state index in [1.807, 2.05) is 18.2 Å². The summed E-state index contributed by atoms with van der Waals surface area (Å²) in [6.07, 6.45) is 4.21. The maximum atomic E-state index is 12.8. The van der Waals surface area contributed by atoms with Crippen LogP contribution >= 0.6 is 0 Å². The largest absolute Gasteiger partial charge is 0.385 e. The second-order valence-corrected chi connectivity index (χ2v) is 5.92. The van der Waals surface area contributed by atoms with Crippen LogP contribution in [-0.2, 0) is 9.53 Å². The summed E-state index contributed by atoms with van der Waals surface area (Å²) in [5.74, 6) is 1.03. The van der Waals surface area contributed by atoms with E-state index >= 15 is 0 Å². The molecule has 116 valence electrons. The molecule has 1 aromatic rings. The van der Waals surface area contributed by atoms with Crippen molar-refractivity contribution < 1.29 is 9.53 Å². The molecule has 1 heterocycles. The Balaban J connectivity index is 1.91. The number of rotatable bonds is 6. The SMILES string of the molecule is CC[C@H](C(=O)N1CCC(CCOC)CC1)c1ccccc1. The van der Waals surface area contributed by atoms with Gasteiger partial charge in [-0.15, -0.1) is 0 Å². The van der Waals surface area contributed by atoms with Crippen molar-refractivity contribution in [2.75, 3.05) is 26.8 Å². The molecule has 1 aliphatic rings. The van der Waals surface area contributed by atoms with Crippen LogP contribution in [0.5, 0.6) is 0 Å². The lowest BCUT2D eigenvalue weighted by atomic mass is 9.91. The summed E-state index contributed by atoms with van der Waals surface area (Å²) >= 11 is 0. The molecule has 0 unspecified atom stereocenters. The summed E-state index contributed by atoms with van der Waals surface area (Å²) in [6, 6.07) is 10.2. The molecule has 1 atom stereocenters. The van der Waals surface area contributed by atoms with Crippen LogP contribution in [0.25, 0.3) is 0 Å². The van der Waals surface area contributed by atoms with Crippen molar-refractivity contribution in [2.24, 2.45) is 5.92 Å². The number of carbonyl (C=O) groups excluding carboxylic acids is 1. The molecule has 1 fully saturated rings. The van der Waals surface area contributed by atoms with Gasteiger partial charge in [0.2, 0.25) is 5.91 Å². The number of benzene rings is 1. The van der Waals surface area contributed by atoms with Crippen LogP contribution in [0.2, 0.25) is 0 Å². The van der Waals surface area contributed by atoms with Crippen molar-refractivity contribution in [1.29, 1.82) is 0 Å². The van der Waals surface area contributed by atoms with Gasteiger partial charge in [-0.3, -0.25) is 4.79 Å². The summed E-state index contributed by atoms with van der Waals surface area (Å²) in [4.78, 5) is 14.8. The van der Waals surface area contributed by atoms with Gasteiger partial charge in [-0.25, -0.2) is 0 Å². The smallest absolute Gasteiger partial charge is 0.230 e. The Morgan fingerprint density at radius 1 is 1.29 bits per heavy atom. The third-order valence-corrected chi connectivity index (χ3v) is 4.56. The van der Waals surface area contributed by atoms with E-state index in [2.05, 4.69) is 24.0 Å². The standard InChI is InChI=1S/C18H27NO2/c1-3-17(16-7-5-4-6-8-16)18(20)19-12-9-15(10-13-19)11-14-21-2/h4-8,15,17H,3,9-14H2,1-2H3/t17-/m0/s1. The van der Waals surface area contributed by atoms with Crippen molar-refractivity contribution in [1.82, 2.24) is 4.90 Å². The number of hydrogen-bond donors (Lipinski definition) is 0. The minimum absolute atomic E-state index is 0.0155. The highest BCUT2D eigenvalue weighted by Gasteiger charge is 2.27. The average Bonchev–Trinajstić information content (AvgIpc) is 2.55. The number of ether oxygens (including phenoxy) is 1. The number of piperidine rings is 1. The van der Waals surface area contributed by atoms with E-state index in [1.165, 1.54) is 0 Å². The molecule has 1 aliphatic heterocycles. The Hall–Kier alpha value is -1.35. The highest BCUT2D eigenvalue weighted by molar-refractivity contribution is 5.83. The van der Waals surface area contributed by atoms with E-state index < -0.39 is 0 Å². The fourth-order valence-electron chi connectivity index (χ4n) is 3.19. The highest BCUT2D eigenvalue weighted by atomic mass is 16.5. The zero-order chi connectivity index (χ0) is 15.1. The normalized spacial score (nSPS) is 17.7. The molecule has 0 spiro atoms. The maximum Gasteiger partial charge on any atom is 0.230 e. The molecule has 3 heteroatoms. The Kier molecular flexibility index (Phi) is 6.24. The highest BCUT2D eigenvalue weighted by Crippen LogP contribution is 2.26. The van der Waals surface area contributed by atoms with E-state index in [-0.39, 0.29) is 5.92 Å². The van der Waals surface area contributed by atoms with Gasteiger partial charge < -0.3 is 9.64 Å². The number of hydrogen-bond acceptors (Lipinski definition) is 2. The van der Waals surface area contributed by atoms with Gasteiger partial charge in [0, 0.05) is 26.8 Å². The van der Waals surface area contributed by atoms with Gasteiger partial charge in [-0.1, -0.05) is 37.3 Å². The van der Waals surface area contributed by atoms with Gasteiger partial charge in [0.1, 0.15) is 0 Å². The Labute approximate surface area is 128 Å². The number of likely N-dealkylation sites (tertiary alicyclic amines) is 1. The predicted molar refractivity (Wildman–Crippen MR) is 85.3 cm³/mol. The molecular formula is C18H27NO2. The van der Waals surface area contributed by atoms with Gasteiger partial charge in [0.05, 0.1) is 5.92 Å². The van der Waals surface area contributed by atoms with Gasteiger partial charge in [0.25, 0.3) is 0 Å². The first kappa shape index (κ1) is 16.0. The van der Waals surface area contributed by atoms with Gasteiger partial charge >= 0.3 is 0 Å². The fraction of sp³-hybridized carbons (Fsp3) is 0.611. The van der Waals surface area contributed by atoms with Crippen molar-refractivity contribution in [3.05, 3.63) is 35.9 Å². The molecule has 21 heavy (non-hydrogen) atoms. The maximum absolute atomic E-state index is 12.8. The predicted octanol–water partition coefficient (Wildman–Crippen LogP) is 3.46. The third-order valence-electron chi connectivity index (χ3n) is 4.56. The molecule has 1 saturated heterocycles. The van der Waals surface area contributed by atoms with E-state index in [4.69, 9.17) is 4.74 Å². The number of nitrogens with zero attached hydrogens (tertiary/aromatic N) is 1. The number of carbonyl (C=O) groups is 1. The molecule has 3 nitrogen and oxygen atoms in total. The summed E-state index contributed by atoms with van der Waals surface area (Å²) in [7, 11) is 1.75. The van der Waals surface area contributed by atoms with Crippen LogP contribution in [0.4, 0.5) is 0 Å². The van der Waals surface area contributed by atoms with E-state index in [9.17, 15) is 4.79 Å². The first-order valence-corrected chi connectivity index (χ1v) is 8.09. The Morgan fingerprint density at radius 2 is 1.95 bits per heavy atom. The lowest BCUT2D eigenvalue weighted by molar-refractivity contribution is -0.134. The Morgan fingerprint density at radius 3 is 2.52 bits per heavy atom. The van der Waals surface area contributed by atoms with Crippen molar-refractivity contribution in [2.45, 2.75) is 38.5 Å². The molecule has 0 saturated carbocycles. The monoisotopic (exact) mass is 289 g/mol. The first-order valence-electron chi connectivity index (χ1n) is 8.09. The lowest BCUT2D eigenvalue weighted by Gasteiger charge is -2.34. The van der Waals surface area contributed by atoms with Crippen LogP contribution in [0, 0.1) is 5.92 Å². The molecule has 1 aromatic carbocycles. The Bertz CT molecular complexity index is 424. The molecule has 0 aromatic heterocycles. The van der Waals surface area contributed by atoms with Gasteiger partial charge in [0.15, 0.2) is 0 Å². The molecular weight excluding hydrogens is 262 g/mol. The topological polar surface area (TPSA) is 29.5 Å². The third kappa shape index (κ3) is 4.31. The fourth-order valence-corrected chi connectivity index (χ4v) is 3.19. The molecule has 0 aliphatic carbocycles.